The van der Waals surface area contributed by atoms with Crippen LogP contribution in [0.4, 0.5) is 4.39 Å². The van der Waals surface area contributed by atoms with Gasteiger partial charge in [0.1, 0.15) is 5.82 Å². The number of hydrogen-bond acceptors (Lipinski definition) is 1. The maximum atomic E-state index is 13.6. The second-order valence-electron chi connectivity index (χ2n) is 4.66. The Bertz CT molecular complexity index is 642. The van der Waals surface area contributed by atoms with Crippen molar-refractivity contribution in [3.63, 3.8) is 0 Å². The van der Waals surface area contributed by atoms with Gasteiger partial charge in [-0.05, 0) is 66.6 Å². The van der Waals surface area contributed by atoms with Crippen LogP contribution < -0.4 is 0 Å². The molecule has 1 fully saturated rings. The van der Waals surface area contributed by atoms with Gasteiger partial charge in [0.15, 0.2) is 4.77 Å². The summed E-state index contributed by atoms with van der Waals surface area (Å²) in [4.78, 5) is 3.16. The number of aromatic nitrogens is 2. The molecule has 0 saturated heterocycles. The van der Waals surface area contributed by atoms with Gasteiger partial charge in [0.05, 0.1) is 14.6 Å². The van der Waals surface area contributed by atoms with E-state index in [-0.39, 0.29) is 5.82 Å². The molecule has 0 spiro atoms. The van der Waals surface area contributed by atoms with Crippen molar-refractivity contribution in [2.24, 2.45) is 5.92 Å². The molecule has 0 aliphatic heterocycles. The van der Waals surface area contributed by atoms with E-state index in [2.05, 4.69) is 16.5 Å². The lowest BCUT2D eigenvalue weighted by Crippen LogP contribution is -2.07. The van der Waals surface area contributed by atoms with Gasteiger partial charge in [-0.1, -0.05) is 0 Å². The zero-order valence-electron chi connectivity index (χ0n) is 9.34. The quantitative estimate of drug-likeness (QED) is 0.620. The fraction of sp³-hybridized carbons (Fsp3) is 0.417. The lowest BCUT2D eigenvalue weighted by Gasteiger charge is -2.13. The Balaban J connectivity index is 2.26. The fourth-order valence-corrected chi connectivity index (χ4v) is 3.16. The number of imidazole rings is 1. The minimum Gasteiger partial charge on any atom is -0.331 e. The highest BCUT2D eigenvalue weighted by atomic mass is 127. The molecule has 1 saturated carbocycles. The van der Waals surface area contributed by atoms with Crippen molar-refractivity contribution in [2.75, 3.05) is 0 Å². The van der Waals surface area contributed by atoms with Crippen LogP contribution >= 0.6 is 34.8 Å². The predicted octanol–water partition coefficient (Wildman–Crippen LogP) is 4.41. The summed E-state index contributed by atoms with van der Waals surface area (Å²) in [5, 5.41) is 0. The Morgan fingerprint density at radius 2 is 2.24 bits per heavy atom. The Labute approximate surface area is 117 Å². The standard InChI is InChI=1S/C12H12FIN2S/c1-6(7-2-3-7)16-11-4-8(13)9(14)5-10(11)15-12(16)17/h4-7H,2-3H2,1H3,(H,15,17). The van der Waals surface area contributed by atoms with Crippen LogP contribution in [0.1, 0.15) is 25.8 Å². The van der Waals surface area contributed by atoms with Gasteiger partial charge in [0.25, 0.3) is 0 Å². The van der Waals surface area contributed by atoms with E-state index in [0.29, 0.717) is 20.3 Å². The van der Waals surface area contributed by atoms with Crippen molar-refractivity contribution < 1.29 is 4.39 Å². The van der Waals surface area contributed by atoms with Crippen molar-refractivity contribution in [1.29, 1.82) is 0 Å². The number of aromatic amines is 1. The first kappa shape index (κ1) is 11.6. The van der Waals surface area contributed by atoms with Crippen molar-refractivity contribution in [1.82, 2.24) is 9.55 Å². The zero-order valence-corrected chi connectivity index (χ0v) is 12.3. The monoisotopic (exact) mass is 362 g/mol. The maximum Gasteiger partial charge on any atom is 0.178 e. The summed E-state index contributed by atoms with van der Waals surface area (Å²) in [6.07, 6.45) is 2.50. The number of nitrogens with one attached hydrogen (secondary N) is 1. The molecule has 1 N–H and O–H groups in total. The third kappa shape index (κ3) is 1.93. The zero-order chi connectivity index (χ0) is 12.2. The van der Waals surface area contributed by atoms with E-state index in [4.69, 9.17) is 12.2 Å². The molecule has 1 heterocycles. The molecule has 0 bridgehead atoms. The predicted molar refractivity (Wildman–Crippen MR) is 77.2 cm³/mol. The number of rotatable bonds is 2. The van der Waals surface area contributed by atoms with E-state index in [1.54, 1.807) is 6.07 Å². The van der Waals surface area contributed by atoms with Crippen molar-refractivity contribution >= 4 is 45.8 Å². The highest BCUT2D eigenvalue weighted by Gasteiger charge is 2.30. The number of halogens is 2. The van der Waals surface area contributed by atoms with Gasteiger partial charge in [-0.2, -0.15) is 0 Å². The summed E-state index contributed by atoms with van der Waals surface area (Å²) in [6, 6.07) is 3.76. The average molecular weight is 362 g/mol. The first-order valence-electron chi connectivity index (χ1n) is 5.67. The minimum atomic E-state index is -0.177. The van der Waals surface area contributed by atoms with Gasteiger partial charge >= 0.3 is 0 Å². The molecule has 2 aromatic rings. The lowest BCUT2D eigenvalue weighted by atomic mass is 10.2. The van der Waals surface area contributed by atoms with E-state index < -0.39 is 0 Å². The normalized spacial score (nSPS) is 17.6. The summed E-state index contributed by atoms with van der Waals surface area (Å²) < 4.78 is 17.0. The van der Waals surface area contributed by atoms with Crippen LogP contribution in [-0.2, 0) is 0 Å². The van der Waals surface area contributed by atoms with Crippen molar-refractivity contribution in [2.45, 2.75) is 25.8 Å². The van der Waals surface area contributed by atoms with Gasteiger partial charge < -0.3 is 9.55 Å². The molecule has 1 aliphatic carbocycles. The molecule has 1 unspecified atom stereocenters. The molecule has 90 valence electrons. The molecule has 17 heavy (non-hydrogen) atoms. The molecule has 0 radical (unpaired) electrons. The van der Waals surface area contributed by atoms with Crippen LogP contribution in [-0.4, -0.2) is 9.55 Å². The topological polar surface area (TPSA) is 20.7 Å². The van der Waals surface area contributed by atoms with E-state index >= 15 is 0 Å². The molecule has 3 rings (SSSR count). The first-order valence-corrected chi connectivity index (χ1v) is 7.16. The Hall–Kier alpha value is -0.430. The van der Waals surface area contributed by atoms with E-state index in [9.17, 15) is 4.39 Å². The van der Waals surface area contributed by atoms with Gasteiger partial charge in [-0.25, -0.2) is 4.39 Å². The number of hydrogen-bond donors (Lipinski definition) is 1. The van der Waals surface area contributed by atoms with Crippen LogP contribution in [0.5, 0.6) is 0 Å². The second kappa shape index (κ2) is 4.05. The number of nitrogens with zero attached hydrogens (tertiary/aromatic N) is 1. The fourth-order valence-electron chi connectivity index (χ4n) is 2.31. The lowest BCUT2D eigenvalue weighted by molar-refractivity contribution is 0.492. The first-order chi connectivity index (χ1) is 8.08. The second-order valence-corrected chi connectivity index (χ2v) is 6.21. The largest absolute Gasteiger partial charge is 0.331 e. The Morgan fingerprint density at radius 3 is 2.88 bits per heavy atom. The third-order valence-electron chi connectivity index (χ3n) is 3.47. The van der Waals surface area contributed by atoms with Crippen molar-refractivity contribution in [3.8, 4) is 0 Å². The van der Waals surface area contributed by atoms with Gasteiger partial charge in [-0.3, -0.25) is 0 Å². The van der Waals surface area contributed by atoms with E-state index in [0.717, 1.165) is 11.0 Å². The molecule has 1 aliphatic rings. The highest BCUT2D eigenvalue weighted by Crippen LogP contribution is 2.40. The molecular formula is C12H12FIN2S. The number of benzene rings is 1. The average Bonchev–Trinajstić information content (AvgIpc) is 3.04. The van der Waals surface area contributed by atoms with E-state index in [1.807, 2.05) is 28.7 Å². The molecule has 1 aromatic heterocycles. The highest BCUT2D eigenvalue weighted by molar-refractivity contribution is 14.1. The molecular weight excluding hydrogens is 350 g/mol. The van der Waals surface area contributed by atoms with Crippen LogP contribution in [0, 0.1) is 20.1 Å². The van der Waals surface area contributed by atoms with Crippen molar-refractivity contribution in [3.05, 3.63) is 26.3 Å². The smallest absolute Gasteiger partial charge is 0.178 e. The van der Waals surface area contributed by atoms with Gasteiger partial charge in [-0.15, -0.1) is 0 Å². The van der Waals surface area contributed by atoms with Crippen LogP contribution in [0.3, 0.4) is 0 Å². The van der Waals surface area contributed by atoms with Crippen LogP contribution in [0.2, 0.25) is 0 Å². The summed E-state index contributed by atoms with van der Waals surface area (Å²) in [7, 11) is 0. The van der Waals surface area contributed by atoms with Gasteiger partial charge in [0.2, 0.25) is 0 Å². The summed E-state index contributed by atoms with van der Waals surface area (Å²) >= 11 is 7.34. The minimum absolute atomic E-state index is 0.177. The SMILES string of the molecule is CC(C1CC1)n1c(=S)[nH]c2cc(I)c(F)cc21. The molecule has 2 nitrogen and oxygen atoms in total. The van der Waals surface area contributed by atoms with Crippen LogP contribution in [0.25, 0.3) is 11.0 Å². The number of H-pyrrole nitrogens is 1. The van der Waals surface area contributed by atoms with Crippen LogP contribution in [0.15, 0.2) is 12.1 Å². The maximum absolute atomic E-state index is 13.6. The molecule has 1 aromatic carbocycles. The molecule has 1 atom stereocenters. The Morgan fingerprint density at radius 1 is 1.53 bits per heavy atom. The summed E-state index contributed by atoms with van der Waals surface area (Å²) in [5.74, 6) is 0.520. The van der Waals surface area contributed by atoms with Gasteiger partial charge in [0, 0.05) is 12.1 Å². The third-order valence-corrected chi connectivity index (χ3v) is 4.60. The molecule has 0 amide bonds. The van der Waals surface area contributed by atoms with E-state index in [1.165, 1.54) is 12.8 Å². The molecule has 5 heteroatoms. The summed E-state index contributed by atoms with van der Waals surface area (Å²) in [6.45, 7) is 2.16. The Kier molecular flexibility index (Phi) is 2.77. The number of fused-ring (bicyclic) bond motifs is 1. The summed E-state index contributed by atoms with van der Waals surface area (Å²) in [5.41, 5.74) is 1.81.